The van der Waals surface area contributed by atoms with Crippen LogP contribution in [-0.4, -0.2) is 47.7 Å². The van der Waals surface area contributed by atoms with E-state index >= 15 is 0 Å². The number of para-hydroxylation sites is 1. The van der Waals surface area contributed by atoms with Gasteiger partial charge in [-0.1, -0.05) is 18.2 Å². The van der Waals surface area contributed by atoms with Crippen molar-refractivity contribution in [3.05, 3.63) is 29.8 Å². The third-order valence-corrected chi connectivity index (χ3v) is 5.05. The minimum atomic E-state index is -0.224. The number of hydrogen-bond acceptors (Lipinski definition) is 3. The van der Waals surface area contributed by atoms with Crippen LogP contribution in [-0.2, 0) is 11.2 Å². The van der Waals surface area contributed by atoms with Gasteiger partial charge in [-0.25, -0.2) is 0 Å². The molecule has 1 saturated heterocycles. The third-order valence-electron chi connectivity index (χ3n) is 5.05. The SMILES string of the molecule is CC1CCc2ccccc2N1CCC(=O)N1CCC(O)CC1. The lowest BCUT2D eigenvalue weighted by atomic mass is 9.96. The second-order valence-electron chi connectivity index (χ2n) is 6.57. The molecule has 4 nitrogen and oxygen atoms in total. The van der Waals surface area contributed by atoms with Gasteiger partial charge in [-0.2, -0.15) is 0 Å². The van der Waals surface area contributed by atoms with E-state index in [9.17, 15) is 9.90 Å². The van der Waals surface area contributed by atoms with Crippen molar-refractivity contribution in [2.75, 3.05) is 24.5 Å². The highest BCUT2D eigenvalue weighted by atomic mass is 16.3. The number of aryl methyl sites for hydroxylation is 1. The molecular weight excluding hydrogens is 276 g/mol. The molecule has 2 aliphatic heterocycles. The molecule has 0 radical (unpaired) electrons. The Hall–Kier alpha value is -1.55. The van der Waals surface area contributed by atoms with Gasteiger partial charge in [0.25, 0.3) is 0 Å². The molecule has 1 unspecified atom stereocenters. The van der Waals surface area contributed by atoms with Crippen LogP contribution in [0.4, 0.5) is 5.69 Å². The summed E-state index contributed by atoms with van der Waals surface area (Å²) < 4.78 is 0. The number of benzene rings is 1. The van der Waals surface area contributed by atoms with Crippen molar-refractivity contribution in [1.82, 2.24) is 4.90 Å². The van der Waals surface area contributed by atoms with Gasteiger partial charge < -0.3 is 14.9 Å². The molecule has 22 heavy (non-hydrogen) atoms. The molecule has 2 heterocycles. The van der Waals surface area contributed by atoms with E-state index in [1.54, 1.807) is 0 Å². The Balaban J connectivity index is 1.60. The predicted molar refractivity (Wildman–Crippen MR) is 88.0 cm³/mol. The summed E-state index contributed by atoms with van der Waals surface area (Å²) in [4.78, 5) is 16.7. The Bertz CT molecular complexity index is 524. The zero-order valence-electron chi connectivity index (χ0n) is 13.4. The molecule has 1 N–H and O–H groups in total. The molecule has 3 rings (SSSR count). The maximum Gasteiger partial charge on any atom is 0.224 e. The maximum atomic E-state index is 12.4. The molecule has 0 aliphatic carbocycles. The third kappa shape index (κ3) is 3.27. The molecule has 4 heteroatoms. The molecule has 1 amide bonds. The summed E-state index contributed by atoms with van der Waals surface area (Å²) in [7, 11) is 0. The van der Waals surface area contributed by atoms with Gasteiger partial charge >= 0.3 is 0 Å². The number of fused-ring (bicyclic) bond motifs is 1. The summed E-state index contributed by atoms with van der Waals surface area (Å²) in [5.41, 5.74) is 2.69. The lowest BCUT2D eigenvalue weighted by Gasteiger charge is -2.38. The molecule has 1 fully saturated rings. The summed E-state index contributed by atoms with van der Waals surface area (Å²) in [5, 5.41) is 9.54. The number of aliphatic hydroxyl groups excluding tert-OH is 1. The van der Waals surface area contributed by atoms with E-state index in [4.69, 9.17) is 0 Å². The number of amides is 1. The second kappa shape index (κ2) is 6.69. The van der Waals surface area contributed by atoms with Crippen molar-refractivity contribution in [3.63, 3.8) is 0 Å². The van der Waals surface area contributed by atoms with E-state index in [0.717, 1.165) is 19.4 Å². The number of piperidine rings is 1. The largest absolute Gasteiger partial charge is 0.393 e. The Morgan fingerprint density at radius 1 is 1.23 bits per heavy atom. The van der Waals surface area contributed by atoms with E-state index in [-0.39, 0.29) is 12.0 Å². The Labute approximate surface area is 132 Å². The summed E-state index contributed by atoms with van der Waals surface area (Å²) in [6.07, 6.45) is 4.06. The van der Waals surface area contributed by atoms with Gasteiger partial charge in [0.15, 0.2) is 0 Å². The van der Waals surface area contributed by atoms with Crippen molar-refractivity contribution in [3.8, 4) is 0 Å². The molecule has 0 aromatic heterocycles. The van der Waals surface area contributed by atoms with Crippen molar-refractivity contribution in [2.45, 2.75) is 51.2 Å². The first-order chi connectivity index (χ1) is 10.6. The molecule has 0 saturated carbocycles. The lowest BCUT2D eigenvalue weighted by Crippen LogP contribution is -2.43. The van der Waals surface area contributed by atoms with Crippen LogP contribution in [0.5, 0.6) is 0 Å². The quantitative estimate of drug-likeness (QED) is 0.931. The lowest BCUT2D eigenvalue weighted by molar-refractivity contribution is -0.133. The van der Waals surface area contributed by atoms with Crippen molar-refractivity contribution in [1.29, 1.82) is 0 Å². The Kier molecular flexibility index (Phi) is 4.67. The maximum absolute atomic E-state index is 12.4. The fraction of sp³-hybridized carbons (Fsp3) is 0.611. The van der Waals surface area contributed by atoms with Crippen molar-refractivity contribution < 1.29 is 9.90 Å². The van der Waals surface area contributed by atoms with Crippen LogP contribution < -0.4 is 4.90 Å². The highest BCUT2D eigenvalue weighted by Gasteiger charge is 2.25. The van der Waals surface area contributed by atoms with Crippen molar-refractivity contribution in [2.24, 2.45) is 0 Å². The summed E-state index contributed by atoms with van der Waals surface area (Å²) in [6, 6.07) is 9.04. The topological polar surface area (TPSA) is 43.8 Å². The van der Waals surface area contributed by atoms with Gasteiger partial charge in [0, 0.05) is 37.8 Å². The molecule has 0 bridgehead atoms. The number of hydrogen-bond donors (Lipinski definition) is 1. The van der Waals surface area contributed by atoms with E-state index < -0.39 is 0 Å². The fourth-order valence-electron chi connectivity index (χ4n) is 3.59. The Morgan fingerprint density at radius 2 is 1.95 bits per heavy atom. The standard InChI is InChI=1S/C18H26N2O2/c1-14-6-7-15-4-2-3-5-17(15)20(14)13-10-18(22)19-11-8-16(21)9-12-19/h2-5,14,16,21H,6-13H2,1H3. The predicted octanol–water partition coefficient (Wildman–Crippen LogP) is 2.20. The summed E-state index contributed by atoms with van der Waals surface area (Å²) in [5.74, 6) is 0.224. The smallest absolute Gasteiger partial charge is 0.224 e. The van der Waals surface area contributed by atoms with Gasteiger partial charge in [-0.05, 0) is 44.2 Å². The molecular formula is C18H26N2O2. The monoisotopic (exact) mass is 302 g/mol. The van der Waals surface area contributed by atoms with Gasteiger partial charge in [0.2, 0.25) is 5.91 Å². The van der Waals surface area contributed by atoms with Gasteiger partial charge in [-0.15, -0.1) is 0 Å². The van der Waals surface area contributed by atoms with E-state index in [2.05, 4.69) is 36.1 Å². The van der Waals surface area contributed by atoms with Gasteiger partial charge in [0.05, 0.1) is 6.10 Å². The number of nitrogens with zero attached hydrogens (tertiary/aromatic N) is 2. The normalized spacial score (nSPS) is 22.5. The first-order valence-corrected chi connectivity index (χ1v) is 8.45. The van der Waals surface area contributed by atoms with Crippen LogP contribution in [0.1, 0.15) is 38.2 Å². The number of carbonyl (C=O) groups is 1. The van der Waals surface area contributed by atoms with Crippen LogP contribution in [0, 0.1) is 0 Å². The highest BCUT2D eigenvalue weighted by molar-refractivity contribution is 5.77. The molecule has 120 valence electrons. The van der Waals surface area contributed by atoms with Crippen LogP contribution in [0.2, 0.25) is 0 Å². The number of rotatable bonds is 3. The molecule has 1 aromatic rings. The average Bonchev–Trinajstić information content (AvgIpc) is 2.54. The zero-order valence-corrected chi connectivity index (χ0v) is 13.4. The number of carbonyl (C=O) groups excluding carboxylic acids is 1. The minimum absolute atomic E-state index is 0.224. The van der Waals surface area contributed by atoms with Crippen LogP contribution in [0.25, 0.3) is 0 Å². The second-order valence-corrected chi connectivity index (χ2v) is 6.57. The fourth-order valence-corrected chi connectivity index (χ4v) is 3.59. The van der Waals surface area contributed by atoms with Crippen LogP contribution in [0.3, 0.4) is 0 Å². The molecule has 1 atom stereocenters. The van der Waals surface area contributed by atoms with Gasteiger partial charge in [-0.3, -0.25) is 4.79 Å². The average molecular weight is 302 g/mol. The van der Waals surface area contributed by atoms with E-state index in [1.807, 2.05) is 4.90 Å². The number of likely N-dealkylation sites (tertiary alicyclic amines) is 1. The molecule has 1 aromatic carbocycles. The molecule has 2 aliphatic rings. The Morgan fingerprint density at radius 3 is 2.73 bits per heavy atom. The zero-order chi connectivity index (χ0) is 15.5. The summed E-state index contributed by atoms with van der Waals surface area (Å²) in [6.45, 7) is 4.44. The van der Waals surface area contributed by atoms with Gasteiger partial charge in [0.1, 0.15) is 0 Å². The minimum Gasteiger partial charge on any atom is -0.393 e. The first kappa shape index (κ1) is 15.3. The molecule has 0 spiro atoms. The highest BCUT2D eigenvalue weighted by Crippen LogP contribution is 2.30. The van der Waals surface area contributed by atoms with E-state index in [1.165, 1.54) is 11.3 Å². The van der Waals surface area contributed by atoms with Crippen LogP contribution >= 0.6 is 0 Å². The van der Waals surface area contributed by atoms with Crippen molar-refractivity contribution >= 4 is 11.6 Å². The van der Waals surface area contributed by atoms with Crippen LogP contribution in [0.15, 0.2) is 24.3 Å². The first-order valence-electron chi connectivity index (χ1n) is 8.45. The van der Waals surface area contributed by atoms with E-state index in [0.29, 0.717) is 38.4 Å². The summed E-state index contributed by atoms with van der Waals surface area (Å²) >= 11 is 0. The number of aliphatic hydroxyl groups is 1. The number of anilines is 1.